The number of fused-ring (bicyclic) bond motifs is 1. The smallest absolute Gasteiger partial charge is 0.199 e. The molecule has 0 atom stereocenters. The predicted molar refractivity (Wildman–Crippen MR) is 88.0 cm³/mol. The average molecular weight is 303 g/mol. The monoisotopic (exact) mass is 303 g/mol. The summed E-state index contributed by atoms with van der Waals surface area (Å²) in [7, 11) is 0. The molecule has 23 heavy (non-hydrogen) atoms. The van der Waals surface area contributed by atoms with Gasteiger partial charge in [-0.05, 0) is 12.1 Å². The zero-order valence-electron chi connectivity index (χ0n) is 12.1. The normalized spacial score (nSPS) is 11.0. The molecule has 0 saturated heterocycles. The highest BCUT2D eigenvalue weighted by Gasteiger charge is 2.23. The van der Waals surface area contributed by atoms with Crippen LogP contribution >= 0.6 is 0 Å². The zero-order valence-corrected chi connectivity index (χ0v) is 12.1. The van der Waals surface area contributed by atoms with Gasteiger partial charge in [0.15, 0.2) is 17.4 Å². The van der Waals surface area contributed by atoms with Crippen LogP contribution < -0.4 is 5.73 Å². The standard InChI is InChI=1S/C17H13N5O/c18-16-13(15(23)10-6-2-1-3-7-10)14(21-22-16)17-19-11-8-4-5-9-12(11)20-17/h1-9H,(H,19,20)(H3,18,21,22). The first-order chi connectivity index (χ1) is 11.2. The van der Waals surface area contributed by atoms with E-state index in [0.29, 0.717) is 22.6 Å². The van der Waals surface area contributed by atoms with Gasteiger partial charge in [0, 0.05) is 5.56 Å². The Morgan fingerprint density at radius 1 is 1.00 bits per heavy atom. The van der Waals surface area contributed by atoms with Crippen LogP contribution in [0, 0.1) is 0 Å². The summed E-state index contributed by atoms with van der Waals surface area (Å²) in [6.45, 7) is 0. The molecule has 0 spiro atoms. The Bertz CT molecular complexity index is 967. The maximum absolute atomic E-state index is 12.8. The number of hydrogen-bond acceptors (Lipinski definition) is 4. The Morgan fingerprint density at radius 3 is 2.52 bits per heavy atom. The van der Waals surface area contributed by atoms with E-state index in [2.05, 4.69) is 20.2 Å². The fourth-order valence-corrected chi connectivity index (χ4v) is 2.56. The van der Waals surface area contributed by atoms with Crippen molar-refractivity contribution < 1.29 is 4.79 Å². The van der Waals surface area contributed by atoms with E-state index in [0.717, 1.165) is 11.0 Å². The van der Waals surface area contributed by atoms with Crippen molar-refractivity contribution in [2.75, 3.05) is 5.73 Å². The number of ketones is 1. The number of anilines is 1. The number of hydrogen-bond donors (Lipinski definition) is 3. The van der Waals surface area contributed by atoms with E-state index >= 15 is 0 Å². The van der Waals surface area contributed by atoms with Crippen LogP contribution in [0.1, 0.15) is 15.9 Å². The SMILES string of the molecule is Nc1n[nH]c(-c2nc3ccccc3[nH]2)c1C(=O)c1ccccc1. The van der Waals surface area contributed by atoms with E-state index in [1.807, 2.05) is 42.5 Å². The van der Waals surface area contributed by atoms with Crippen LogP contribution in [0.3, 0.4) is 0 Å². The fourth-order valence-electron chi connectivity index (χ4n) is 2.56. The molecule has 0 aliphatic rings. The molecule has 0 radical (unpaired) electrons. The Morgan fingerprint density at radius 2 is 1.74 bits per heavy atom. The Hall–Kier alpha value is -3.41. The summed E-state index contributed by atoms with van der Waals surface area (Å²) in [6.07, 6.45) is 0. The number of aromatic nitrogens is 4. The Kier molecular flexibility index (Phi) is 2.94. The highest BCUT2D eigenvalue weighted by Crippen LogP contribution is 2.27. The van der Waals surface area contributed by atoms with E-state index in [1.165, 1.54) is 0 Å². The molecule has 0 unspecified atom stereocenters. The number of rotatable bonds is 3. The minimum absolute atomic E-state index is 0.161. The summed E-state index contributed by atoms with van der Waals surface area (Å²) < 4.78 is 0. The van der Waals surface area contributed by atoms with Crippen molar-refractivity contribution >= 4 is 22.6 Å². The number of para-hydroxylation sites is 2. The lowest BCUT2D eigenvalue weighted by Gasteiger charge is -2.01. The molecular formula is C17H13N5O. The second-order valence-corrected chi connectivity index (χ2v) is 5.16. The summed E-state index contributed by atoms with van der Waals surface area (Å²) in [5.74, 6) is 0.510. The third-order valence-electron chi connectivity index (χ3n) is 3.68. The Labute approximate surface area is 131 Å². The van der Waals surface area contributed by atoms with Crippen molar-refractivity contribution in [1.82, 2.24) is 20.2 Å². The highest BCUT2D eigenvalue weighted by atomic mass is 16.1. The van der Waals surface area contributed by atoms with Gasteiger partial charge in [-0.1, -0.05) is 42.5 Å². The summed E-state index contributed by atoms with van der Waals surface area (Å²) in [5, 5.41) is 6.79. The molecule has 2 aromatic carbocycles. The summed E-state index contributed by atoms with van der Waals surface area (Å²) >= 11 is 0. The molecule has 4 N–H and O–H groups in total. The van der Waals surface area contributed by atoms with E-state index in [-0.39, 0.29) is 11.6 Å². The van der Waals surface area contributed by atoms with Crippen LogP contribution in [-0.4, -0.2) is 25.9 Å². The molecule has 0 amide bonds. The molecule has 0 aliphatic heterocycles. The van der Waals surface area contributed by atoms with E-state index in [9.17, 15) is 4.79 Å². The molecule has 4 rings (SSSR count). The number of imidazole rings is 1. The quantitative estimate of drug-likeness (QED) is 0.506. The fraction of sp³-hybridized carbons (Fsp3) is 0. The first-order valence-corrected chi connectivity index (χ1v) is 7.13. The molecule has 112 valence electrons. The molecule has 2 aromatic heterocycles. The first kappa shape index (κ1) is 13.3. The maximum Gasteiger partial charge on any atom is 0.199 e. The van der Waals surface area contributed by atoms with Gasteiger partial charge in [-0.3, -0.25) is 9.89 Å². The summed E-state index contributed by atoms with van der Waals surface area (Å²) in [5.41, 5.74) is 8.98. The van der Waals surface area contributed by atoms with Gasteiger partial charge >= 0.3 is 0 Å². The van der Waals surface area contributed by atoms with Crippen molar-refractivity contribution in [3.05, 3.63) is 65.7 Å². The zero-order chi connectivity index (χ0) is 15.8. The van der Waals surface area contributed by atoms with E-state index in [1.54, 1.807) is 12.1 Å². The number of carbonyl (C=O) groups excluding carboxylic acids is 1. The first-order valence-electron chi connectivity index (χ1n) is 7.13. The molecule has 2 heterocycles. The van der Waals surface area contributed by atoms with E-state index in [4.69, 9.17) is 5.73 Å². The number of aromatic amines is 2. The lowest BCUT2D eigenvalue weighted by atomic mass is 10.0. The van der Waals surface area contributed by atoms with Crippen LogP contribution in [0.4, 0.5) is 5.82 Å². The third kappa shape index (κ3) is 2.17. The summed E-state index contributed by atoms with van der Waals surface area (Å²) in [6, 6.07) is 16.6. The van der Waals surface area contributed by atoms with Crippen molar-refractivity contribution in [3.63, 3.8) is 0 Å². The number of nitrogens with two attached hydrogens (primary N) is 1. The molecule has 0 aliphatic carbocycles. The minimum atomic E-state index is -0.188. The van der Waals surface area contributed by atoms with Crippen molar-refractivity contribution in [3.8, 4) is 11.5 Å². The van der Waals surface area contributed by atoms with Gasteiger partial charge in [0.1, 0.15) is 5.69 Å². The van der Waals surface area contributed by atoms with Crippen molar-refractivity contribution in [2.45, 2.75) is 0 Å². The van der Waals surface area contributed by atoms with Crippen molar-refractivity contribution in [2.24, 2.45) is 0 Å². The van der Waals surface area contributed by atoms with Crippen LogP contribution in [0.2, 0.25) is 0 Å². The largest absolute Gasteiger partial charge is 0.382 e. The maximum atomic E-state index is 12.8. The number of carbonyl (C=O) groups is 1. The average Bonchev–Trinajstić information content (AvgIpc) is 3.18. The van der Waals surface area contributed by atoms with Gasteiger partial charge in [-0.2, -0.15) is 5.10 Å². The molecule has 0 fully saturated rings. The van der Waals surface area contributed by atoms with Crippen molar-refractivity contribution in [1.29, 1.82) is 0 Å². The van der Waals surface area contributed by atoms with Gasteiger partial charge in [0.2, 0.25) is 0 Å². The lowest BCUT2D eigenvalue weighted by molar-refractivity contribution is 0.104. The minimum Gasteiger partial charge on any atom is -0.382 e. The molecule has 6 heteroatoms. The third-order valence-corrected chi connectivity index (χ3v) is 3.68. The molecule has 0 saturated carbocycles. The second kappa shape index (κ2) is 5.10. The summed E-state index contributed by atoms with van der Waals surface area (Å²) in [4.78, 5) is 20.4. The van der Waals surface area contributed by atoms with Gasteiger partial charge in [-0.15, -0.1) is 0 Å². The number of H-pyrrole nitrogens is 2. The Balaban J connectivity index is 1.86. The van der Waals surface area contributed by atoms with Crippen LogP contribution in [0.5, 0.6) is 0 Å². The van der Waals surface area contributed by atoms with Crippen LogP contribution in [0.15, 0.2) is 54.6 Å². The molecule has 6 nitrogen and oxygen atoms in total. The molecule has 4 aromatic rings. The number of nitrogens with one attached hydrogen (secondary N) is 2. The van der Waals surface area contributed by atoms with Crippen LogP contribution in [0.25, 0.3) is 22.6 Å². The van der Waals surface area contributed by atoms with Gasteiger partial charge in [0.05, 0.1) is 16.6 Å². The molecule has 0 bridgehead atoms. The topological polar surface area (TPSA) is 100 Å². The van der Waals surface area contributed by atoms with Gasteiger partial charge < -0.3 is 10.7 Å². The highest BCUT2D eigenvalue weighted by molar-refractivity contribution is 6.15. The second-order valence-electron chi connectivity index (χ2n) is 5.16. The number of nitrogens with zero attached hydrogens (tertiary/aromatic N) is 2. The lowest BCUT2D eigenvalue weighted by Crippen LogP contribution is -2.05. The number of benzene rings is 2. The van der Waals surface area contributed by atoms with E-state index < -0.39 is 0 Å². The van der Waals surface area contributed by atoms with Gasteiger partial charge in [-0.25, -0.2) is 4.98 Å². The molecular weight excluding hydrogens is 290 g/mol. The van der Waals surface area contributed by atoms with Gasteiger partial charge in [0.25, 0.3) is 0 Å². The van der Waals surface area contributed by atoms with Crippen LogP contribution in [-0.2, 0) is 0 Å². The predicted octanol–water partition coefficient (Wildman–Crippen LogP) is 2.77. The number of nitrogen functional groups attached to an aromatic ring is 1.